The van der Waals surface area contributed by atoms with E-state index >= 15 is 0 Å². The van der Waals surface area contributed by atoms with Gasteiger partial charge in [0.2, 0.25) is 0 Å². The maximum absolute atomic E-state index is 6.84. The molecule has 3 heteroatoms. The van der Waals surface area contributed by atoms with Gasteiger partial charge >= 0.3 is 0 Å². The zero-order valence-electron chi connectivity index (χ0n) is 33.1. The van der Waals surface area contributed by atoms with Crippen LogP contribution in [0.5, 0.6) is 0 Å². The largest absolute Gasteiger partial charge is 0.456 e. The van der Waals surface area contributed by atoms with Crippen LogP contribution in [0.4, 0.5) is 17.1 Å². The van der Waals surface area contributed by atoms with Crippen LogP contribution in [0.1, 0.15) is 0 Å². The third-order valence-electron chi connectivity index (χ3n) is 12.1. The van der Waals surface area contributed by atoms with Crippen LogP contribution >= 0.6 is 0 Å². The minimum absolute atomic E-state index is 0.843. The Bertz CT molecular complexity index is 3560. The van der Waals surface area contributed by atoms with Gasteiger partial charge < -0.3 is 13.7 Å². The van der Waals surface area contributed by atoms with Crippen LogP contribution in [0.2, 0.25) is 0 Å². The lowest BCUT2D eigenvalue weighted by molar-refractivity contribution is 0.668. The number of anilines is 3. The number of hydrogen-bond acceptors (Lipinski definition) is 3. The molecule has 0 amide bonds. The van der Waals surface area contributed by atoms with Crippen LogP contribution in [-0.2, 0) is 0 Å². The first-order chi connectivity index (χ1) is 30.2. The molecule has 286 valence electrons. The Morgan fingerprint density at radius 3 is 1.44 bits per heavy atom. The van der Waals surface area contributed by atoms with Gasteiger partial charge in [-0.3, -0.25) is 0 Å². The number of nitrogens with zero attached hydrogens (tertiary/aromatic N) is 1. The lowest BCUT2D eigenvalue weighted by atomic mass is 9.97. The molecule has 0 fully saturated rings. The van der Waals surface area contributed by atoms with Crippen molar-refractivity contribution in [2.45, 2.75) is 0 Å². The molecule has 10 aromatic carbocycles. The highest BCUT2D eigenvalue weighted by atomic mass is 16.3. The van der Waals surface area contributed by atoms with Crippen LogP contribution in [0.3, 0.4) is 0 Å². The van der Waals surface area contributed by atoms with E-state index in [2.05, 4.69) is 211 Å². The summed E-state index contributed by atoms with van der Waals surface area (Å²) in [4.78, 5) is 2.35. The highest BCUT2D eigenvalue weighted by Crippen LogP contribution is 2.48. The fourth-order valence-electron chi connectivity index (χ4n) is 8.99. The SMILES string of the molecule is c1ccc(-c2ccc3c(oc4ccccc43)c2N(c2ccc(-c3ccc(-c4ccc5ccccc5c4)cc3)cc2)c2ccc(-c3ccc4c(c3)oc3ccccc34)cc2)cc1. The predicted octanol–water partition coefficient (Wildman–Crippen LogP) is 16.8. The van der Waals surface area contributed by atoms with Gasteiger partial charge in [0.15, 0.2) is 5.58 Å². The molecule has 3 nitrogen and oxygen atoms in total. The normalized spacial score (nSPS) is 11.6. The summed E-state index contributed by atoms with van der Waals surface area (Å²) in [5, 5.41) is 6.93. The minimum atomic E-state index is 0.843. The number of furan rings is 2. The van der Waals surface area contributed by atoms with E-state index in [-0.39, 0.29) is 0 Å². The molecular formula is C58H37NO2. The molecule has 0 aliphatic carbocycles. The number of para-hydroxylation sites is 2. The van der Waals surface area contributed by atoms with Crippen molar-refractivity contribution in [1.29, 1.82) is 0 Å². The zero-order valence-corrected chi connectivity index (χ0v) is 33.1. The van der Waals surface area contributed by atoms with E-state index in [1.54, 1.807) is 0 Å². The Labute approximate surface area is 353 Å². The molecule has 0 saturated carbocycles. The number of hydrogen-bond donors (Lipinski definition) is 0. The molecule has 0 unspecified atom stereocenters. The van der Waals surface area contributed by atoms with Crippen molar-refractivity contribution >= 4 is 71.7 Å². The summed E-state index contributed by atoms with van der Waals surface area (Å²) in [5.41, 5.74) is 15.7. The molecule has 0 spiro atoms. The van der Waals surface area contributed by atoms with Gasteiger partial charge in [0.1, 0.15) is 16.7 Å². The second-order valence-electron chi connectivity index (χ2n) is 15.7. The Kier molecular flexibility index (Phi) is 8.17. The molecular weight excluding hydrogens is 743 g/mol. The molecule has 12 rings (SSSR count). The molecule has 0 radical (unpaired) electrons. The molecule has 0 atom stereocenters. The van der Waals surface area contributed by atoms with E-state index in [1.165, 1.54) is 21.9 Å². The third kappa shape index (κ3) is 6.06. The smallest absolute Gasteiger partial charge is 0.160 e. The van der Waals surface area contributed by atoms with E-state index in [1.807, 2.05) is 18.2 Å². The molecule has 0 aliphatic rings. The van der Waals surface area contributed by atoms with Crippen molar-refractivity contribution < 1.29 is 8.83 Å². The molecule has 2 heterocycles. The molecule has 0 N–H and O–H groups in total. The maximum Gasteiger partial charge on any atom is 0.160 e. The average Bonchev–Trinajstić information content (AvgIpc) is 3.91. The summed E-state index contributed by atoms with van der Waals surface area (Å²) in [7, 11) is 0. The topological polar surface area (TPSA) is 29.5 Å². The lowest BCUT2D eigenvalue weighted by Gasteiger charge is -2.28. The quantitative estimate of drug-likeness (QED) is 0.161. The highest BCUT2D eigenvalue weighted by molar-refractivity contribution is 6.14. The van der Waals surface area contributed by atoms with Crippen LogP contribution in [0.15, 0.2) is 233 Å². The van der Waals surface area contributed by atoms with E-state index in [0.29, 0.717) is 0 Å². The van der Waals surface area contributed by atoms with Gasteiger partial charge in [0, 0.05) is 38.5 Å². The number of benzene rings is 10. The van der Waals surface area contributed by atoms with E-state index in [9.17, 15) is 0 Å². The summed E-state index contributed by atoms with van der Waals surface area (Å²) in [5.74, 6) is 0. The van der Waals surface area contributed by atoms with E-state index < -0.39 is 0 Å². The summed E-state index contributed by atoms with van der Waals surface area (Å²) in [6.45, 7) is 0. The number of fused-ring (bicyclic) bond motifs is 7. The summed E-state index contributed by atoms with van der Waals surface area (Å²) in [6, 6.07) is 79.9. The molecule has 0 saturated heterocycles. The standard InChI is InChI=1S/C58H37NO2/c1-2-11-43(12-3-1)49-34-35-53-51-15-7-9-17-55(51)61-58(53)57(49)59(48-31-26-42(27-32-48)46-28-33-52-50-14-6-8-16-54(50)60-56(52)37-46)47-29-24-40(25-30-47)39-18-20-41(21-19-39)45-23-22-38-10-4-5-13-44(38)36-45/h1-37H. The van der Waals surface area contributed by atoms with Gasteiger partial charge in [-0.2, -0.15) is 0 Å². The van der Waals surface area contributed by atoms with Crippen molar-refractivity contribution in [3.8, 4) is 44.5 Å². The first-order valence-corrected chi connectivity index (χ1v) is 20.7. The van der Waals surface area contributed by atoms with Crippen molar-refractivity contribution in [1.82, 2.24) is 0 Å². The van der Waals surface area contributed by atoms with Gasteiger partial charge in [0.05, 0.1) is 5.69 Å². The first-order valence-electron chi connectivity index (χ1n) is 20.7. The summed E-state index contributed by atoms with van der Waals surface area (Å²) < 4.78 is 13.1. The van der Waals surface area contributed by atoms with Crippen molar-refractivity contribution in [2.24, 2.45) is 0 Å². The predicted molar refractivity (Wildman–Crippen MR) is 255 cm³/mol. The van der Waals surface area contributed by atoms with Crippen LogP contribution in [0, 0.1) is 0 Å². The molecule has 61 heavy (non-hydrogen) atoms. The summed E-state index contributed by atoms with van der Waals surface area (Å²) >= 11 is 0. The average molecular weight is 780 g/mol. The molecule has 0 aliphatic heterocycles. The minimum Gasteiger partial charge on any atom is -0.456 e. The second kappa shape index (κ2) is 14.3. The van der Waals surface area contributed by atoms with Crippen LogP contribution in [-0.4, -0.2) is 0 Å². The van der Waals surface area contributed by atoms with Crippen molar-refractivity contribution in [3.05, 3.63) is 224 Å². The van der Waals surface area contributed by atoms with Gasteiger partial charge in [-0.15, -0.1) is 0 Å². The fraction of sp³-hybridized carbons (Fsp3) is 0. The molecule has 0 bridgehead atoms. The highest BCUT2D eigenvalue weighted by Gasteiger charge is 2.24. The van der Waals surface area contributed by atoms with Gasteiger partial charge in [-0.05, 0) is 110 Å². The van der Waals surface area contributed by atoms with Crippen molar-refractivity contribution in [3.63, 3.8) is 0 Å². The lowest BCUT2D eigenvalue weighted by Crippen LogP contribution is -2.11. The molecule has 2 aromatic heterocycles. The van der Waals surface area contributed by atoms with Gasteiger partial charge in [0.25, 0.3) is 0 Å². The van der Waals surface area contributed by atoms with Gasteiger partial charge in [-0.25, -0.2) is 0 Å². The fourth-order valence-corrected chi connectivity index (χ4v) is 8.99. The van der Waals surface area contributed by atoms with E-state index in [4.69, 9.17) is 8.83 Å². The Balaban J connectivity index is 0.979. The van der Waals surface area contributed by atoms with Crippen molar-refractivity contribution in [2.75, 3.05) is 4.90 Å². The Morgan fingerprint density at radius 1 is 0.279 bits per heavy atom. The zero-order chi connectivity index (χ0) is 40.3. The Hall–Kier alpha value is -8.14. The van der Waals surface area contributed by atoms with Crippen LogP contribution < -0.4 is 4.90 Å². The molecule has 12 aromatic rings. The first kappa shape index (κ1) is 34.9. The monoisotopic (exact) mass is 779 g/mol. The van der Waals surface area contributed by atoms with E-state index in [0.717, 1.165) is 94.3 Å². The van der Waals surface area contributed by atoms with Crippen LogP contribution in [0.25, 0.3) is 99.2 Å². The number of rotatable bonds is 7. The van der Waals surface area contributed by atoms with Gasteiger partial charge in [-0.1, -0.05) is 164 Å². The third-order valence-corrected chi connectivity index (χ3v) is 12.1. The maximum atomic E-state index is 6.84. The second-order valence-corrected chi connectivity index (χ2v) is 15.7. The summed E-state index contributed by atoms with van der Waals surface area (Å²) in [6.07, 6.45) is 0. The Morgan fingerprint density at radius 2 is 0.754 bits per heavy atom.